The summed E-state index contributed by atoms with van der Waals surface area (Å²) in [5, 5.41) is 0. The van der Waals surface area contributed by atoms with Crippen LogP contribution in [0.3, 0.4) is 0 Å². The zero-order valence-electron chi connectivity index (χ0n) is 6.61. The fraction of sp³-hybridized carbons (Fsp3) is 1.00. The Morgan fingerprint density at radius 3 is 1.06 bits per heavy atom. The fourth-order valence-corrected chi connectivity index (χ4v) is 2.76. The van der Waals surface area contributed by atoms with E-state index in [1.165, 1.54) is 0 Å². The minimum atomic E-state index is -6.73. The average Bonchev–Trinajstić information content (AvgIpc) is 1.98. The predicted molar refractivity (Wildman–Crippen MR) is 40.8 cm³/mol. The van der Waals surface area contributed by atoms with Gasteiger partial charge in [0.25, 0.3) is 0 Å². The molecule has 0 amide bonds. The van der Waals surface area contributed by atoms with E-state index in [9.17, 15) is 43.2 Å². The lowest BCUT2D eigenvalue weighted by Gasteiger charge is -2.18. The third-order valence-corrected chi connectivity index (χ3v) is 5.46. The van der Waals surface area contributed by atoms with Crippen molar-refractivity contribution >= 4 is 32.9 Å². The summed E-state index contributed by atoms with van der Waals surface area (Å²) in [7, 11) is -13.5. The molecule has 0 aliphatic rings. The second-order valence-electron chi connectivity index (χ2n) is 2.08. The smallest absolute Gasteiger partial charge is 0.201 e. The van der Waals surface area contributed by atoms with Crippen LogP contribution in [0, 0.1) is 0 Å². The lowest BCUT2D eigenvalue weighted by molar-refractivity contribution is -0.0503. The number of hydrogen-bond acceptors (Lipinski definition) is 5. The first kappa shape index (κ1) is 15.8. The molecule has 0 aromatic rings. The molecule has 0 aliphatic heterocycles. The van der Waals surface area contributed by atoms with Gasteiger partial charge in [-0.15, -0.1) is 0 Å². The van der Waals surface area contributed by atoms with Crippen molar-refractivity contribution in [3.8, 4) is 0 Å². The minimum Gasteiger partial charge on any atom is -0.201 e. The molecule has 0 unspecified atom stereocenters. The molecule has 0 saturated heterocycles. The molecule has 0 rings (SSSR count). The van der Waals surface area contributed by atoms with Crippen molar-refractivity contribution in [3.05, 3.63) is 0 Å². The van der Waals surface area contributed by atoms with E-state index in [-0.39, 0.29) is 0 Å². The van der Waals surface area contributed by atoms with Gasteiger partial charge in [-0.05, 0) is 3.12 Å². The van der Waals surface area contributed by atoms with E-state index < -0.39 is 34.2 Å². The number of alkyl halides is 6. The van der Waals surface area contributed by atoms with Gasteiger partial charge < -0.3 is 0 Å². The highest BCUT2D eigenvalue weighted by Crippen LogP contribution is 2.35. The number of hydrogen-bond donors (Lipinski definition) is 1. The molecule has 0 radical (unpaired) electrons. The van der Waals surface area contributed by atoms with Gasteiger partial charge in [0, 0.05) is 0 Å². The molecule has 0 spiro atoms. The van der Waals surface area contributed by atoms with Crippen LogP contribution >= 0.6 is 12.8 Å². The molecule has 0 heterocycles. The number of nitrogens with zero attached hydrogens (tertiary/aromatic N) is 1. The quantitative estimate of drug-likeness (QED) is 0.605. The second-order valence-corrected chi connectivity index (χ2v) is 6.81. The van der Waals surface area contributed by atoms with Gasteiger partial charge in [0.05, 0.1) is 0 Å². The Morgan fingerprint density at radius 2 is 0.938 bits per heavy atom. The molecule has 0 aliphatic carbocycles. The molecular weight excluding hydrogens is 312 g/mol. The first-order valence-corrected chi connectivity index (χ1v) is 6.05. The Hall–Kier alpha value is -0.210. The van der Waals surface area contributed by atoms with Gasteiger partial charge in [-0.25, -0.2) is 16.8 Å². The molecule has 98 valence electrons. The zero-order chi connectivity index (χ0) is 13.6. The Morgan fingerprint density at radius 1 is 0.750 bits per heavy atom. The summed E-state index contributed by atoms with van der Waals surface area (Å²) in [6, 6.07) is 0. The van der Waals surface area contributed by atoms with Gasteiger partial charge >= 0.3 is 31.1 Å². The average molecular weight is 313 g/mol. The van der Waals surface area contributed by atoms with Gasteiger partial charge in [-0.3, -0.25) is 0 Å². The van der Waals surface area contributed by atoms with Crippen molar-refractivity contribution < 1.29 is 43.2 Å². The number of thiol groups is 1. The minimum absolute atomic E-state index is 2.07. The van der Waals surface area contributed by atoms with Crippen LogP contribution < -0.4 is 0 Å². The highest BCUT2D eigenvalue weighted by molar-refractivity contribution is 8.15. The summed E-state index contributed by atoms with van der Waals surface area (Å²) in [6.45, 7) is 0. The number of sulfonamides is 2. The van der Waals surface area contributed by atoms with Crippen LogP contribution in [0.2, 0.25) is 0 Å². The standard InChI is InChI=1S/C2HF6NO4S3/c3-1(4,5)15(10,11)9(14)16(12,13)2(6,7)8/h14H. The van der Waals surface area contributed by atoms with Crippen molar-refractivity contribution in [1.82, 2.24) is 3.12 Å². The molecule has 0 aromatic heterocycles. The zero-order valence-corrected chi connectivity index (χ0v) is 9.14. The second kappa shape index (κ2) is 3.92. The lowest BCUT2D eigenvalue weighted by atomic mass is 11.6. The predicted octanol–water partition coefficient (Wildman–Crippen LogP) is 0.832. The van der Waals surface area contributed by atoms with Gasteiger partial charge in [0.15, 0.2) is 0 Å². The highest BCUT2D eigenvalue weighted by Gasteiger charge is 2.60. The van der Waals surface area contributed by atoms with Gasteiger partial charge in [0.2, 0.25) is 0 Å². The Kier molecular flexibility index (Phi) is 3.87. The van der Waals surface area contributed by atoms with Gasteiger partial charge in [0.1, 0.15) is 0 Å². The van der Waals surface area contributed by atoms with E-state index in [1.54, 1.807) is 0 Å². The lowest BCUT2D eigenvalue weighted by Crippen LogP contribution is -2.44. The van der Waals surface area contributed by atoms with Crippen LogP contribution in [0.1, 0.15) is 0 Å². The largest absolute Gasteiger partial charge is 0.513 e. The van der Waals surface area contributed by atoms with E-state index in [0.717, 1.165) is 0 Å². The van der Waals surface area contributed by atoms with Crippen molar-refractivity contribution in [3.63, 3.8) is 0 Å². The van der Waals surface area contributed by atoms with Crippen LogP contribution in [0.15, 0.2) is 0 Å². The topological polar surface area (TPSA) is 71.5 Å². The molecule has 0 atom stereocenters. The van der Waals surface area contributed by atoms with Crippen molar-refractivity contribution in [2.75, 3.05) is 0 Å². The molecular formula is C2HF6NO4S3. The maximum atomic E-state index is 11.7. The number of halogens is 6. The van der Waals surface area contributed by atoms with Crippen molar-refractivity contribution in [1.29, 1.82) is 0 Å². The Bertz CT molecular complexity index is 413. The van der Waals surface area contributed by atoms with Crippen LogP contribution in [0.4, 0.5) is 26.3 Å². The van der Waals surface area contributed by atoms with Crippen molar-refractivity contribution in [2.24, 2.45) is 0 Å². The summed E-state index contributed by atoms with van der Waals surface area (Å²) in [4.78, 5) is 0. The van der Waals surface area contributed by atoms with Gasteiger partial charge in [-0.2, -0.15) is 26.3 Å². The molecule has 0 aromatic carbocycles. The molecule has 5 nitrogen and oxygen atoms in total. The summed E-state index contributed by atoms with van der Waals surface area (Å²) in [5.74, 6) is 0. The monoisotopic (exact) mass is 313 g/mol. The summed E-state index contributed by atoms with van der Waals surface area (Å²) in [6.07, 6.45) is 0. The first-order chi connectivity index (χ1) is 6.65. The van der Waals surface area contributed by atoms with E-state index >= 15 is 0 Å². The molecule has 0 saturated carbocycles. The molecule has 16 heavy (non-hydrogen) atoms. The summed E-state index contributed by atoms with van der Waals surface area (Å²) < 4.78 is 109. The van der Waals surface area contributed by atoms with E-state index in [1.807, 2.05) is 0 Å². The maximum Gasteiger partial charge on any atom is 0.513 e. The van der Waals surface area contributed by atoms with Gasteiger partial charge in [-0.1, -0.05) is 12.8 Å². The third kappa shape index (κ3) is 2.54. The summed E-state index contributed by atoms with van der Waals surface area (Å²) in [5.41, 5.74) is -12.4. The fourth-order valence-electron chi connectivity index (χ4n) is 0.306. The van der Waals surface area contributed by atoms with Crippen LogP contribution in [0.25, 0.3) is 0 Å². The molecule has 0 N–H and O–H groups in total. The Balaban J connectivity index is 5.70. The number of rotatable bonds is 2. The normalized spacial score (nSPS) is 15.5. The van der Waals surface area contributed by atoms with Crippen LogP contribution in [0.5, 0.6) is 0 Å². The maximum absolute atomic E-state index is 11.7. The van der Waals surface area contributed by atoms with Crippen LogP contribution in [-0.2, 0) is 20.0 Å². The van der Waals surface area contributed by atoms with E-state index in [2.05, 4.69) is 12.8 Å². The third-order valence-electron chi connectivity index (χ3n) is 0.996. The van der Waals surface area contributed by atoms with Crippen molar-refractivity contribution in [2.45, 2.75) is 11.0 Å². The molecule has 0 fully saturated rings. The van der Waals surface area contributed by atoms with E-state index in [4.69, 9.17) is 0 Å². The Labute approximate surface area is 90.7 Å². The highest BCUT2D eigenvalue weighted by atomic mass is 32.3. The SMILES string of the molecule is O=S(=O)(N(S)S(=O)(=O)C(F)(F)F)C(F)(F)F. The molecule has 0 bridgehead atoms. The van der Waals surface area contributed by atoms with E-state index in [0.29, 0.717) is 0 Å². The summed E-state index contributed by atoms with van der Waals surface area (Å²) >= 11 is 2.20. The van der Waals surface area contributed by atoms with Crippen LogP contribution in [-0.4, -0.2) is 31.0 Å². The molecule has 14 heteroatoms. The first-order valence-electron chi connectivity index (χ1n) is 2.77.